The number of nitrogens with one attached hydrogen (secondary N) is 1. The van der Waals surface area contributed by atoms with Gasteiger partial charge in [-0.3, -0.25) is 0 Å². The Morgan fingerprint density at radius 1 is 1.37 bits per heavy atom. The summed E-state index contributed by atoms with van der Waals surface area (Å²) in [6.07, 6.45) is 7.40. The zero-order valence-electron chi connectivity index (χ0n) is 11.7. The summed E-state index contributed by atoms with van der Waals surface area (Å²) in [5, 5.41) is 3.71. The van der Waals surface area contributed by atoms with Crippen LogP contribution in [-0.4, -0.2) is 19.2 Å². The lowest BCUT2D eigenvalue weighted by Crippen LogP contribution is -2.38. The predicted octanol–water partition coefficient (Wildman–Crippen LogP) is 3.64. The lowest BCUT2D eigenvalue weighted by atomic mass is 9.82. The second kappa shape index (κ2) is 5.79. The van der Waals surface area contributed by atoms with E-state index in [1.165, 1.54) is 24.8 Å². The van der Waals surface area contributed by atoms with Crippen molar-refractivity contribution < 1.29 is 4.74 Å². The summed E-state index contributed by atoms with van der Waals surface area (Å²) in [4.78, 5) is 0. The summed E-state index contributed by atoms with van der Waals surface area (Å²) >= 11 is 0. The first kappa shape index (κ1) is 12.7. The Balaban J connectivity index is 1.91. The fraction of sp³-hybridized carbons (Fsp3) is 0.529. The van der Waals surface area contributed by atoms with E-state index >= 15 is 0 Å². The molecule has 0 amide bonds. The topological polar surface area (TPSA) is 21.3 Å². The highest BCUT2D eigenvalue weighted by Crippen LogP contribution is 2.39. The second-order valence-corrected chi connectivity index (χ2v) is 5.49. The molecule has 1 N–H and O–H groups in total. The first-order valence-corrected chi connectivity index (χ1v) is 7.54. The number of benzene rings is 1. The van der Waals surface area contributed by atoms with Crippen LogP contribution in [0.1, 0.15) is 44.1 Å². The number of likely N-dealkylation sites (N-methyl/N-ethyl adjacent to an activating group) is 1. The SMILES string of the molecule is CCNC(C1=CCCC1)C1CCOc2ccccc21. The van der Waals surface area contributed by atoms with Crippen molar-refractivity contribution in [3.63, 3.8) is 0 Å². The highest BCUT2D eigenvalue weighted by Gasteiger charge is 2.31. The van der Waals surface area contributed by atoms with Gasteiger partial charge in [0, 0.05) is 12.0 Å². The van der Waals surface area contributed by atoms with Crippen LogP contribution >= 0.6 is 0 Å². The van der Waals surface area contributed by atoms with Gasteiger partial charge in [-0.2, -0.15) is 0 Å². The van der Waals surface area contributed by atoms with E-state index in [9.17, 15) is 0 Å². The molecule has 3 rings (SSSR count). The molecule has 2 nitrogen and oxygen atoms in total. The summed E-state index contributed by atoms with van der Waals surface area (Å²) in [7, 11) is 0. The van der Waals surface area contributed by atoms with Gasteiger partial charge in [-0.05, 0) is 43.9 Å². The zero-order chi connectivity index (χ0) is 13.1. The molecule has 19 heavy (non-hydrogen) atoms. The molecule has 1 heterocycles. The molecule has 2 aliphatic rings. The molecular formula is C17H23NO. The molecule has 1 aromatic rings. The fourth-order valence-corrected chi connectivity index (χ4v) is 3.45. The van der Waals surface area contributed by atoms with Gasteiger partial charge in [-0.15, -0.1) is 0 Å². The summed E-state index contributed by atoms with van der Waals surface area (Å²) < 4.78 is 5.80. The van der Waals surface area contributed by atoms with Crippen LogP contribution in [0.2, 0.25) is 0 Å². The van der Waals surface area contributed by atoms with Crippen LogP contribution in [0.25, 0.3) is 0 Å². The Hall–Kier alpha value is -1.28. The van der Waals surface area contributed by atoms with Crippen molar-refractivity contribution in [3.05, 3.63) is 41.5 Å². The number of rotatable bonds is 4. The number of ether oxygens (including phenoxy) is 1. The van der Waals surface area contributed by atoms with Crippen LogP contribution in [0, 0.1) is 0 Å². The maximum absolute atomic E-state index is 5.80. The minimum absolute atomic E-state index is 0.498. The Kier molecular flexibility index (Phi) is 3.88. The number of hydrogen-bond donors (Lipinski definition) is 1. The molecule has 0 aromatic heterocycles. The largest absolute Gasteiger partial charge is 0.493 e. The summed E-state index contributed by atoms with van der Waals surface area (Å²) in [5.74, 6) is 1.65. The summed E-state index contributed by atoms with van der Waals surface area (Å²) in [5.41, 5.74) is 3.00. The maximum atomic E-state index is 5.80. The number of para-hydroxylation sites is 1. The van der Waals surface area contributed by atoms with E-state index in [1.54, 1.807) is 5.57 Å². The van der Waals surface area contributed by atoms with Gasteiger partial charge in [-0.25, -0.2) is 0 Å². The highest BCUT2D eigenvalue weighted by atomic mass is 16.5. The Bertz CT molecular complexity index is 466. The number of hydrogen-bond acceptors (Lipinski definition) is 2. The quantitative estimate of drug-likeness (QED) is 0.831. The van der Waals surface area contributed by atoms with Crippen LogP contribution in [-0.2, 0) is 0 Å². The van der Waals surface area contributed by atoms with Gasteiger partial charge in [0.2, 0.25) is 0 Å². The molecule has 0 saturated carbocycles. The van der Waals surface area contributed by atoms with Gasteiger partial charge >= 0.3 is 0 Å². The van der Waals surface area contributed by atoms with Crippen molar-refractivity contribution in [3.8, 4) is 5.75 Å². The van der Waals surface area contributed by atoms with Crippen LogP contribution in [0.4, 0.5) is 0 Å². The molecule has 0 spiro atoms. The van der Waals surface area contributed by atoms with Crippen molar-refractivity contribution in [1.82, 2.24) is 5.32 Å². The predicted molar refractivity (Wildman–Crippen MR) is 78.7 cm³/mol. The molecule has 102 valence electrons. The van der Waals surface area contributed by atoms with Crippen molar-refractivity contribution in [2.24, 2.45) is 0 Å². The van der Waals surface area contributed by atoms with Crippen LogP contribution < -0.4 is 10.1 Å². The standard InChI is InChI=1S/C17H23NO/c1-2-18-17(13-7-3-4-8-13)15-11-12-19-16-10-6-5-9-14(15)16/h5-7,9-10,15,17-18H,2-4,8,11-12H2,1H3. The smallest absolute Gasteiger partial charge is 0.122 e. The Labute approximate surface area is 115 Å². The minimum Gasteiger partial charge on any atom is -0.493 e. The van der Waals surface area contributed by atoms with Crippen molar-refractivity contribution in [1.29, 1.82) is 0 Å². The molecule has 1 aliphatic heterocycles. The number of fused-ring (bicyclic) bond motifs is 1. The van der Waals surface area contributed by atoms with E-state index in [-0.39, 0.29) is 0 Å². The lowest BCUT2D eigenvalue weighted by molar-refractivity contribution is 0.252. The van der Waals surface area contributed by atoms with Crippen LogP contribution in [0.5, 0.6) is 5.75 Å². The fourth-order valence-electron chi connectivity index (χ4n) is 3.45. The Morgan fingerprint density at radius 2 is 2.26 bits per heavy atom. The number of allylic oxidation sites excluding steroid dienone is 1. The molecular weight excluding hydrogens is 234 g/mol. The summed E-state index contributed by atoms with van der Waals surface area (Å²) in [6.45, 7) is 4.08. The molecule has 0 saturated heterocycles. The van der Waals surface area contributed by atoms with E-state index in [0.717, 1.165) is 25.3 Å². The van der Waals surface area contributed by atoms with Gasteiger partial charge in [0.1, 0.15) is 5.75 Å². The second-order valence-electron chi connectivity index (χ2n) is 5.49. The zero-order valence-corrected chi connectivity index (χ0v) is 11.7. The van der Waals surface area contributed by atoms with E-state index in [0.29, 0.717) is 12.0 Å². The monoisotopic (exact) mass is 257 g/mol. The normalized spacial score (nSPS) is 23.4. The van der Waals surface area contributed by atoms with Gasteiger partial charge < -0.3 is 10.1 Å². The van der Waals surface area contributed by atoms with E-state index < -0.39 is 0 Å². The minimum atomic E-state index is 0.498. The average molecular weight is 257 g/mol. The van der Waals surface area contributed by atoms with Crippen molar-refractivity contribution in [2.45, 2.75) is 44.6 Å². The summed E-state index contributed by atoms with van der Waals surface area (Å²) in [6, 6.07) is 9.04. The highest BCUT2D eigenvalue weighted by molar-refractivity contribution is 5.40. The maximum Gasteiger partial charge on any atom is 0.122 e. The van der Waals surface area contributed by atoms with Gasteiger partial charge in [0.25, 0.3) is 0 Å². The third kappa shape index (κ3) is 2.55. The first-order valence-electron chi connectivity index (χ1n) is 7.54. The van der Waals surface area contributed by atoms with Crippen LogP contribution in [0.3, 0.4) is 0 Å². The van der Waals surface area contributed by atoms with Crippen molar-refractivity contribution >= 4 is 0 Å². The molecule has 2 unspecified atom stereocenters. The average Bonchev–Trinajstić information content (AvgIpc) is 2.98. The van der Waals surface area contributed by atoms with E-state index in [2.05, 4.69) is 42.6 Å². The van der Waals surface area contributed by atoms with Crippen molar-refractivity contribution in [2.75, 3.05) is 13.2 Å². The molecule has 0 bridgehead atoms. The van der Waals surface area contributed by atoms with E-state index in [4.69, 9.17) is 4.74 Å². The molecule has 1 aromatic carbocycles. The third-order valence-corrected chi connectivity index (χ3v) is 4.31. The molecule has 1 aliphatic carbocycles. The van der Waals surface area contributed by atoms with Gasteiger partial charge in [-0.1, -0.05) is 36.8 Å². The van der Waals surface area contributed by atoms with Gasteiger partial charge in [0.15, 0.2) is 0 Å². The lowest BCUT2D eigenvalue weighted by Gasteiger charge is -2.33. The third-order valence-electron chi connectivity index (χ3n) is 4.31. The Morgan fingerprint density at radius 3 is 3.05 bits per heavy atom. The first-order chi connectivity index (χ1) is 9.40. The molecule has 2 heteroatoms. The van der Waals surface area contributed by atoms with Gasteiger partial charge in [0.05, 0.1) is 6.61 Å². The molecule has 0 fully saturated rings. The van der Waals surface area contributed by atoms with E-state index in [1.807, 2.05) is 0 Å². The molecule has 2 atom stereocenters. The molecule has 0 radical (unpaired) electrons. The van der Waals surface area contributed by atoms with Crippen LogP contribution in [0.15, 0.2) is 35.9 Å².